The third kappa shape index (κ3) is 11.7. The van der Waals surface area contributed by atoms with Crippen LogP contribution >= 0.6 is 0 Å². The average molecular weight is 345 g/mol. The molecule has 0 bridgehead atoms. The molecule has 2 N–H and O–H groups in total. The van der Waals surface area contributed by atoms with Crippen LogP contribution in [0, 0.1) is 11.8 Å². The Balaban J connectivity index is 4.42. The number of nitrogens with one attached hydrogen (secondary N) is 1. The first-order chi connectivity index (χ1) is 11.3. The number of carboxylic acids is 1. The maximum Gasteiger partial charge on any atom is 0.410 e. The molecule has 0 radical (unpaired) electrons. The van der Waals surface area contributed by atoms with Gasteiger partial charge < -0.3 is 19.9 Å². The first-order valence-electron chi connectivity index (χ1n) is 8.64. The fourth-order valence-electron chi connectivity index (χ4n) is 2.33. The standard InChI is InChI=1S/C17H31NO6/c1-5-7-15(21)23-16(8-6-2)24-17(22)18-11-13(9-12(3)4)10-14(19)20/h12-13,16H,5-11H2,1-4H3,(H,18,22)(H,19,20)/t13-,16?/m0/s1. The third-order valence-electron chi connectivity index (χ3n) is 3.28. The number of alkyl carbamates (subject to hydrolysis) is 1. The van der Waals surface area contributed by atoms with Gasteiger partial charge in [0.2, 0.25) is 6.29 Å². The Morgan fingerprint density at radius 3 is 2.25 bits per heavy atom. The summed E-state index contributed by atoms with van der Waals surface area (Å²) < 4.78 is 10.2. The minimum atomic E-state index is -0.905. The molecule has 7 nitrogen and oxygen atoms in total. The van der Waals surface area contributed by atoms with Crippen LogP contribution < -0.4 is 5.32 Å². The minimum absolute atomic E-state index is 0.0116. The predicted octanol–water partition coefficient (Wildman–Crippen LogP) is 3.32. The molecule has 0 saturated heterocycles. The van der Waals surface area contributed by atoms with Gasteiger partial charge in [-0.25, -0.2) is 4.79 Å². The molecule has 0 heterocycles. The smallest absolute Gasteiger partial charge is 0.410 e. The van der Waals surface area contributed by atoms with Crippen LogP contribution in [0.2, 0.25) is 0 Å². The molecule has 2 atom stereocenters. The summed E-state index contributed by atoms with van der Waals surface area (Å²) in [6.07, 6.45) is 1.14. The van der Waals surface area contributed by atoms with E-state index in [2.05, 4.69) is 5.32 Å². The monoisotopic (exact) mass is 345 g/mol. The number of amides is 1. The summed E-state index contributed by atoms with van der Waals surface area (Å²) in [6.45, 7) is 7.97. The van der Waals surface area contributed by atoms with Crippen molar-refractivity contribution in [3.05, 3.63) is 0 Å². The Hall–Kier alpha value is -1.79. The lowest BCUT2D eigenvalue weighted by molar-refractivity contribution is -0.168. The zero-order chi connectivity index (χ0) is 18.5. The van der Waals surface area contributed by atoms with Gasteiger partial charge in [-0.15, -0.1) is 0 Å². The van der Waals surface area contributed by atoms with Crippen molar-refractivity contribution < 1.29 is 29.0 Å². The summed E-state index contributed by atoms with van der Waals surface area (Å²) in [7, 11) is 0. The van der Waals surface area contributed by atoms with Crippen molar-refractivity contribution in [2.45, 2.75) is 72.5 Å². The van der Waals surface area contributed by atoms with Crippen molar-refractivity contribution in [3.8, 4) is 0 Å². The van der Waals surface area contributed by atoms with Crippen LogP contribution in [0.3, 0.4) is 0 Å². The van der Waals surface area contributed by atoms with Gasteiger partial charge in [0, 0.05) is 25.8 Å². The number of esters is 1. The maximum absolute atomic E-state index is 11.9. The van der Waals surface area contributed by atoms with Crippen LogP contribution in [0.1, 0.15) is 66.2 Å². The molecule has 0 aliphatic heterocycles. The van der Waals surface area contributed by atoms with Crippen LogP contribution in [-0.4, -0.2) is 36.0 Å². The van der Waals surface area contributed by atoms with E-state index in [4.69, 9.17) is 14.6 Å². The predicted molar refractivity (Wildman–Crippen MR) is 89.4 cm³/mol. The summed E-state index contributed by atoms with van der Waals surface area (Å²) >= 11 is 0. The number of aliphatic carboxylic acids is 1. The summed E-state index contributed by atoms with van der Waals surface area (Å²) in [5.74, 6) is -1.13. The molecule has 0 aliphatic rings. The van der Waals surface area contributed by atoms with Crippen molar-refractivity contribution >= 4 is 18.0 Å². The summed E-state index contributed by atoms with van der Waals surface area (Å²) in [4.78, 5) is 34.3. The highest BCUT2D eigenvalue weighted by Gasteiger charge is 2.20. The molecule has 0 aromatic carbocycles. The van der Waals surface area contributed by atoms with E-state index in [1.54, 1.807) is 0 Å². The van der Waals surface area contributed by atoms with E-state index in [-0.39, 0.29) is 25.3 Å². The van der Waals surface area contributed by atoms with Crippen LogP contribution in [0.4, 0.5) is 4.79 Å². The van der Waals surface area contributed by atoms with E-state index in [1.807, 2.05) is 27.7 Å². The molecule has 0 spiro atoms. The molecule has 0 saturated carbocycles. The summed E-state index contributed by atoms with van der Waals surface area (Å²) in [6, 6.07) is 0. The van der Waals surface area contributed by atoms with Crippen molar-refractivity contribution in [1.82, 2.24) is 5.32 Å². The first-order valence-corrected chi connectivity index (χ1v) is 8.64. The Labute approximate surface area is 144 Å². The summed E-state index contributed by atoms with van der Waals surface area (Å²) in [5.41, 5.74) is 0. The molecular weight excluding hydrogens is 314 g/mol. The molecule has 0 aromatic rings. The van der Waals surface area contributed by atoms with E-state index < -0.39 is 24.3 Å². The lowest BCUT2D eigenvalue weighted by Gasteiger charge is -2.20. The second-order valence-corrected chi connectivity index (χ2v) is 6.34. The summed E-state index contributed by atoms with van der Waals surface area (Å²) in [5, 5.41) is 11.5. The first kappa shape index (κ1) is 22.2. The zero-order valence-electron chi connectivity index (χ0n) is 15.2. The SMILES string of the molecule is CCCC(=O)OC(CCC)OC(=O)NC[C@H](CC(=O)O)CC(C)C. The van der Waals surface area contributed by atoms with Gasteiger partial charge in [0.15, 0.2) is 0 Å². The molecule has 0 aliphatic carbocycles. The Morgan fingerprint density at radius 2 is 1.75 bits per heavy atom. The second-order valence-electron chi connectivity index (χ2n) is 6.34. The van der Waals surface area contributed by atoms with Crippen molar-refractivity contribution in [1.29, 1.82) is 0 Å². The molecule has 140 valence electrons. The largest absolute Gasteiger partial charge is 0.481 e. The van der Waals surface area contributed by atoms with Gasteiger partial charge in [-0.1, -0.05) is 27.7 Å². The van der Waals surface area contributed by atoms with Crippen molar-refractivity contribution in [3.63, 3.8) is 0 Å². The number of hydrogen-bond donors (Lipinski definition) is 2. The average Bonchev–Trinajstić information content (AvgIpc) is 2.44. The lowest BCUT2D eigenvalue weighted by Crippen LogP contribution is -2.35. The number of carboxylic acid groups (broad SMARTS) is 1. The molecule has 1 unspecified atom stereocenters. The van der Waals surface area contributed by atoms with E-state index >= 15 is 0 Å². The number of hydrogen-bond acceptors (Lipinski definition) is 5. The van der Waals surface area contributed by atoms with Crippen LogP contribution in [0.5, 0.6) is 0 Å². The quantitative estimate of drug-likeness (QED) is 0.415. The number of ether oxygens (including phenoxy) is 2. The van der Waals surface area contributed by atoms with E-state index in [9.17, 15) is 14.4 Å². The number of carbonyl (C=O) groups excluding carboxylic acids is 2. The van der Waals surface area contributed by atoms with Gasteiger partial charge in [0.1, 0.15) is 0 Å². The fraction of sp³-hybridized carbons (Fsp3) is 0.824. The van der Waals surface area contributed by atoms with Crippen molar-refractivity contribution in [2.24, 2.45) is 11.8 Å². The molecule has 0 rings (SSSR count). The third-order valence-corrected chi connectivity index (χ3v) is 3.28. The highest BCUT2D eigenvalue weighted by molar-refractivity contribution is 5.70. The molecule has 7 heteroatoms. The second kappa shape index (κ2) is 12.6. The highest BCUT2D eigenvalue weighted by atomic mass is 16.7. The minimum Gasteiger partial charge on any atom is -0.481 e. The number of carbonyl (C=O) groups is 3. The fourth-order valence-corrected chi connectivity index (χ4v) is 2.33. The van der Waals surface area contributed by atoms with Gasteiger partial charge in [-0.3, -0.25) is 9.59 Å². The molecular formula is C17H31NO6. The Bertz CT molecular complexity index is 397. The van der Waals surface area contributed by atoms with Crippen LogP contribution in [0.25, 0.3) is 0 Å². The molecule has 0 fully saturated rings. The van der Waals surface area contributed by atoms with Crippen molar-refractivity contribution in [2.75, 3.05) is 6.54 Å². The van der Waals surface area contributed by atoms with Crippen LogP contribution in [-0.2, 0) is 19.1 Å². The van der Waals surface area contributed by atoms with Gasteiger partial charge in [0.25, 0.3) is 0 Å². The molecule has 0 aromatic heterocycles. The van der Waals surface area contributed by atoms with Gasteiger partial charge in [-0.2, -0.15) is 0 Å². The Kier molecular flexibility index (Phi) is 11.7. The molecule has 24 heavy (non-hydrogen) atoms. The topological polar surface area (TPSA) is 102 Å². The van der Waals surface area contributed by atoms with E-state index in [0.717, 1.165) is 0 Å². The maximum atomic E-state index is 11.9. The Morgan fingerprint density at radius 1 is 1.08 bits per heavy atom. The zero-order valence-corrected chi connectivity index (χ0v) is 15.2. The molecule has 1 amide bonds. The van der Waals surface area contributed by atoms with Gasteiger partial charge >= 0.3 is 18.0 Å². The van der Waals surface area contributed by atoms with Gasteiger partial charge in [-0.05, 0) is 31.1 Å². The number of rotatable bonds is 12. The lowest BCUT2D eigenvalue weighted by atomic mass is 9.94. The highest BCUT2D eigenvalue weighted by Crippen LogP contribution is 2.15. The van der Waals surface area contributed by atoms with Gasteiger partial charge in [0.05, 0.1) is 0 Å². The normalized spacial score (nSPS) is 13.2. The van der Waals surface area contributed by atoms with E-state index in [0.29, 0.717) is 31.6 Å². The van der Waals surface area contributed by atoms with Crippen LogP contribution in [0.15, 0.2) is 0 Å². The van der Waals surface area contributed by atoms with E-state index in [1.165, 1.54) is 0 Å².